The third kappa shape index (κ3) is 1.83. The second kappa shape index (κ2) is 5.39. The van der Waals surface area contributed by atoms with Crippen LogP contribution in [0.3, 0.4) is 0 Å². The fourth-order valence-electron chi connectivity index (χ4n) is 4.83. The monoisotopic (exact) mass is 340 g/mol. The van der Waals surface area contributed by atoms with E-state index in [0.29, 0.717) is 0 Å². The van der Waals surface area contributed by atoms with Crippen LogP contribution in [0.1, 0.15) is 24.5 Å². The Bertz CT molecular complexity index is 926. The van der Waals surface area contributed by atoms with E-state index in [1.165, 1.54) is 16.7 Å². The molecule has 0 fully saturated rings. The molecule has 0 saturated heterocycles. The average molecular weight is 340 g/mol. The average Bonchev–Trinajstić information content (AvgIpc) is 3.18. The molecule has 3 aliphatic rings. The Balaban J connectivity index is 1.90. The lowest BCUT2D eigenvalue weighted by Gasteiger charge is -2.52. The molecule has 2 aliphatic heterocycles. The minimum atomic E-state index is -0.856. The van der Waals surface area contributed by atoms with Crippen LogP contribution in [0.5, 0.6) is 0 Å². The zero-order valence-corrected chi connectivity index (χ0v) is 14.7. The smallest absolute Gasteiger partial charge is 0.191 e. The van der Waals surface area contributed by atoms with E-state index in [0.717, 1.165) is 12.0 Å². The van der Waals surface area contributed by atoms with E-state index in [2.05, 4.69) is 60.7 Å². The van der Waals surface area contributed by atoms with E-state index in [-0.39, 0.29) is 11.9 Å². The lowest BCUT2D eigenvalue weighted by molar-refractivity contribution is -0.144. The van der Waals surface area contributed by atoms with Gasteiger partial charge in [-0.05, 0) is 41.7 Å². The highest BCUT2D eigenvalue weighted by Crippen LogP contribution is 2.55. The summed E-state index contributed by atoms with van der Waals surface area (Å²) in [7, 11) is 0. The van der Waals surface area contributed by atoms with Crippen LogP contribution in [0.4, 0.5) is 0 Å². The van der Waals surface area contributed by atoms with Crippen molar-refractivity contribution in [1.82, 2.24) is 0 Å². The maximum atomic E-state index is 12.7. The van der Waals surface area contributed by atoms with Crippen LogP contribution in [0.2, 0.25) is 0 Å². The maximum absolute atomic E-state index is 12.7. The molecule has 0 saturated carbocycles. The van der Waals surface area contributed by atoms with Crippen molar-refractivity contribution in [3.8, 4) is 0 Å². The number of rotatable bonds is 2. The van der Waals surface area contributed by atoms with Crippen molar-refractivity contribution in [3.63, 3.8) is 0 Å². The number of carbonyl (C=O) groups is 1. The second-order valence-corrected chi connectivity index (χ2v) is 7.33. The molecule has 2 aromatic carbocycles. The Hall–Kier alpha value is -2.71. The zero-order chi connectivity index (χ0) is 17.8. The van der Waals surface area contributed by atoms with Crippen LogP contribution in [0, 0.1) is 0 Å². The lowest BCUT2D eigenvalue weighted by Crippen LogP contribution is -2.57. The zero-order valence-electron chi connectivity index (χ0n) is 14.7. The second-order valence-electron chi connectivity index (χ2n) is 7.33. The first-order valence-electron chi connectivity index (χ1n) is 9.09. The van der Waals surface area contributed by atoms with Gasteiger partial charge in [-0.1, -0.05) is 78.9 Å². The minimum absolute atomic E-state index is 0.0414. The van der Waals surface area contributed by atoms with Gasteiger partial charge < -0.3 is 4.74 Å². The number of allylic oxidation sites excluding steroid dienone is 2. The summed E-state index contributed by atoms with van der Waals surface area (Å²) >= 11 is 0. The van der Waals surface area contributed by atoms with Gasteiger partial charge >= 0.3 is 0 Å². The number of fused-ring (bicyclic) bond motifs is 3. The molecule has 0 amide bonds. The summed E-state index contributed by atoms with van der Waals surface area (Å²) in [6, 6.07) is 21.0. The van der Waals surface area contributed by atoms with Gasteiger partial charge in [0.1, 0.15) is 0 Å². The van der Waals surface area contributed by atoms with E-state index < -0.39 is 11.0 Å². The van der Waals surface area contributed by atoms with Crippen molar-refractivity contribution < 1.29 is 9.53 Å². The minimum Gasteiger partial charge on any atom is -0.354 e. The first-order valence-corrected chi connectivity index (χ1v) is 9.09. The standard InChI is InChI=1S/C24H20O2/c1-23-19-13-8-14-20(19)24(17-9-4-2-5-10-17,18-11-6-3-7-12-18)22(26-23)16-15-21(23)25/h2-12,14-16,22H,13H2,1H3/t22-,23-/m1/s1. The van der Waals surface area contributed by atoms with Gasteiger partial charge in [-0.15, -0.1) is 0 Å². The van der Waals surface area contributed by atoms with E-state index in [1.54, 1.807) is 6.08 Å². The van der Waals surface area contributed by atoms with Crippen molar-refractivity contribution in [2.75, 3.05) is 0 Å². The van der Waals surface area contributed by atoms with Crippen LogP contribution < -0.4 is 0 Å². The highest BCUT2D eigenvalue weighted by Gasteiger charge is 2.57. The third-order valence-corrected chi connectivity index (χ3v) is 6.07. The summed E-state index contributed by atoms with van der Waals surface area (Å²) in [5.74, 6) is 0.0414. The quantitative estimate of drug-likeness (QED) is 0.803. The summed E-state index contributed by atoms with van der Waals surface area (Å²) in [6.07, 6.45) is 8.57. The predicted octanol–water partition coefficient (Wildman–Crippen LogP) is 4.53. The Labute approximate surface area is 153 Å². The maximum Gasteiger partial charge on any atom is 0.191 e. The van der Waals surface area contributed by atoms with Gasteiger partial charge in [0.05, 0.1) is 11.5 Å². The summed E-state index contributed by atoms with van der Waals surface area (Å²) in [5, 5.41) is 0. The highest BCUT2D eigenvalue weighted by atomic mass is 16.5. The Morgan fingerprint density at radius 1 is 0.923 bits per heavy atom. The normalized spacial score (nSPS) is 28.3. The van der Waals surface area contributed by atoms with Gasteiger partial charge in [0.2, 0.25) is 0 Å². The number of carbonyl (C=O) groups excluding carboxylic acids is 1. The van der Waals surface area contributed by atoms with Crippen LogP contribution in [0.25, 0.3) is 0 Å². The summed E-state index contributed by atoms with van der Waals surface area (Å²) in [6.45, 7) is 1.92. The van der Waals surface area contributed by atoms with E-state index in [4.69, 9.17) is 4.74 Å². The number of ether oxygens (including phenoxy) is 1. The number of hydrogen-bond donors (Lipinski definition) is 0. The fourth-order valence-corrected chi connectivity index (χ4v) is 4.83. The Morgan fingerprint density at radius 3 is 2.15 bits per heavy atom. The van der Waals surface area contributed by atoms with E-state index >= 15 is 0 Å². The van der Waals surface area contributed by atoms with E-state index in [9.17, 15) is 4.79 Å². The van der Waals surface area contributed by atoms with Crippen molar-refractivity contribution in [3.05, 3.63) is 107 Å². The van der Waals surface area contributed by atoms with Crippen LogP contribution in [0.15, 0.2) is 96.1 Å². The van der Waals surface area contributed by atoms with Gasteiger partial charge in [-0.3, -0.25) is 4.79 Å². The molecule has 0 unspecified atom stereocenters. The molecule has 2 heteroatoms. The van der Waals surface area contributed by atoms with Gasteiger partial charge in [0, 0.05) is 0 Å². The van der Waals surface area contributed by atoms with Crippen molar-refractivity contribution in [2.45, 2.75) is 30.5 Å². The summed E-state index contributed by atoms with van der Waals surface area (Å²) in [4.78, 5) is 12.7. The highest BCUT2D eigenvalue weighted by molar-refractivity contribution is 6.01. The largest absolute Gasteiger partial charge is 0.354 e. The fraction of sp³-hybridized carbons (Fsp3) is 0.208. The van der Waals surface area contributed by atoms with Crippen molar-refractivity contribution >= 4 is 5.78 Å². The molecule has 0 aromatic heterocycles. The van der Waals surface area contributed by atoms with Crippen LogP contribution in [-0.2, 0) is 14.9 Å². The SMILES string of the molecule is C[C@]12O[C@H](C=CC1=O)C(c1ccccc1)(c1ccccc1)C1=C2CC=C1. The molecule has 2 atom stereocenters. The van der Waals surface area contributed by atoms with Gasteiger partial charge in [0.15, 0.2) is 11.4 Å². The predicted molar refractivity (Wildman–Crippen MR) is 102 cm³/mol. The number of ketones is 1. The molecule has 2 nitrogen and oxygen atoms in total. The molecule has 0 N–H and O–H groups in total. The molecule has 0 spiro atoms. The first-order chi connectivity index (χ1) is 12.7. The number of benzene rings is 2. The Morgan fingerprint density at radius 2 is 1.54 bits per heavy atom. The van der Waals surface area contributed by atoms with E-state index in [1.807, 2.05) is 25.1 Å². The third-order valence-electron chi connectivity index (χ3n) is 6.07. The van der Waals surface area contributed by atoms with Crippen molar-refractivity contribution in [1.29, 1.82) is 0 Å². The van der Waals surface area contributed by atoms with Crippen LogP contribution >= 0.6 is 0 Å². The van der Waals surface area contributed by atoms with Crippen molar-refractivity contribution in [2.24, 2.45) is 0 Å². The lowest BCUT2D eigenvalue weighted by atomic mass is 9.60. The molecule has 26 heavy (non-hydrogen) atoms. The molecule has 2 bridgehead atoms. The molecular formula is C24H20O2. The first kappa shape index (κ1) is 15.5. The van der Waals surface area contributed by atoms with Gasteiger partial charge in [-0.25, -0.2) is 0 Å². The molecule has 2 heterocycles. The number of hydrogen-bond acceptors (Lipinski definition) is 2. The Kier molecular flexibility index (Phi) is 3.22. The topological polar surface area (TPSA) is 26.3 Å². The molecule has 2 aromatic rings. The molecular weight excluding hydrogens is 320 g/mol. The molecule has 0 radical (unpaired) electrons. The summed E-state index contributed by atoms with van der Waals surface area (Å²) in [5.41, 5.74) is 3.39. The molecule has 1 aliphatic carbocycles. The molecule has 128 valence electrons. The van der Waals surface area contributed by atoms with Crippen LogP contribution in [-0.4, -0.2) is 17.5 Å². The molecule has 5 rings (SSSR count). The van der Waals surface area contributed by atoms with Gasteiger partial charge in [-0.2, -0.15) is 0 Å². The van der Waals surface area contributed by atoms with Gasteiger partial charge in [0.25, 0.3) is 0 Å². The summed E-state index contributed by atoms with van der Waals surface area (Å²) < 4.78 is 6.53.